The summed E-state index contributed by atoms with van der Waals surface area (Å²) in [5, 5.41) is 0. The molecule has 48 heavy (non-hydrogen) atoms. The van der Waals surface area contributed by atoms with Crippen LogP contribution < -0.4 is 16.2 Å². The highest BCUT2D eigenvalue weighted by molar-refractivity contribution is 7.46. The minimum absolute atomic E-state index is 0.130. The van der Waals surface area contributed by atoms with E-state index in [4.69, 9.17) is 30.2 Å². The van der Waals surface area contributed by atoms with Gasteiger partial charge in [0.2, 0.25) is 0 Å². The van der Waals surface area contributed by atoms with Gasteiger partial charge >= 0.3 is 19.8 Å². The van der Waals surface area contributed by atoms with Gasteiger partial charge in [-0.25, -0.2) is 4.57 Å². The molecule has 0 heterocycles. The molecule has 2 unspecified atom stereocenters. The third-order valence-corrected chi connectivity index (χ3v) is 8.87. The van der Waals surface area contributed by atoms with Crippen LogP contribution in [0.3, 0.4) is 0 Å². The van der Waals surface area contributed by atoms with Gasteiger partial charge in [-0.1, -0.05) is 84.0 Å². The van der Waals surface area contributed by atoms with E-state index < -0.39 is 25.9 Å². The van der Waals surface area contributed by atoms with Gasteiger partial charge in [0.1, 0.15) is 31.1 Å². The molecule has 2 atom stereocenters. The summed E-state index contributed by atoms with van der Waals surface area (Å²) in [6, 6.07) is 4.60. The van der Waals surface area contributed by atoms with Crippen LogP contribution in [0.5, 0.6) is 5.75 Å². The number of nitrogens with zero attached hydrogens (tertiary/aromatic N) is 1. The number of esters is 2. The van der Waals surface area contributed by atoms with Crippen molar-refractivity contribution in [1.82, 2.24) is 0 Å². The lowest BCUT2D eigenvalue weighted by Gasteiger charge is -2.35. The number of nitrogens with two attached hydrogens (primary N) is 2. The van der Waals surface area contributed by atoms with E-state index in [1.165, 1.54) is 64.2 Å². The number of hydrogen-bond donors (Lipinski definition) is 4. The molecule has 0 spiro atoms. The standard InChI is InChI=1S/C35H64N3O9P/c1-5-6-7-8-9-10-11-12-13-14-15-16-17-20-34(39)45-28-31(25-29(38(2,3)4)27-46-48(41,42)43)47-35(40)21-18-19-24-44-30-22-23-32(36)33(37)26-30/h22-23,26,29,31H,5-21,24-25,27-28,36-37H2,1-4H3,(H-,41,42,43)/p+1. The molecule has 0 bridgehead atoms. The fourth-order valence-electron chi connectivity index (χ4n) is 5.24. The predicted octanol–water partition coefficient (Wildman–Crippen LogP) is 6.91. The molecule has 6 N–H and O–H groups in total. The van der Waals surface area contributed by atoms with E-state index in [2.05, 4.69) is 6.92 Å². The molecule has 1 aromatic rings. The van der Waals surface area contributed by atoms with Gasteiger partial charge in [0.25, 0.3) is 0 Å². The Labute approximate surface area is 289 Å². The number of carbonyl (C=O) groups is 2. The minimum Gasteiger partial charge on any atom is -0.494 e. The summed E-state index contributed by atoms with van der Waals surface area (Å²) in [6.07, 6.45) is 16.7. The number of ether oxygens (including phenoxy) is 3. The molecule has 0 radical (unpaired) electrons. The van der Waals surface area contributed by atoms with E-state index in [-0.39, 0.29) is 42.9 Å². The first-order chi connectivity index (χ1) is 22.7. The van der Waals surface area contributed by atoms with Gasteiger partial charge in [0.15, 0.2) is 0 Å². The zero-order valence-electron chi connectivity index (χ0n) is 30.0. The molecular weight excluding hydrogens is 637 g/mol. The Hall–Kier alpha value is -2.37. The van der Waals surface area contributed by atoms with Crippen LogP contribution in [0.1, 0.15) is 122 Å². The van der Waals surface area contributed by atoms with E-state index in [0.29, 0.717) is 36.6 Å². The lowest BCUT2D eigenvalue weighted by Crippen LogP contribution is -2.50. The van der Waals surface area contributed by atoms with Crippen molar-refractivity contribution in [2.45, 2.75) is 135 Å². The second-order valence-electron chi connectivity index (χ2n) is 13.7. The molecule has 1 rings (SSSR count). The number of rotatable bonds is 29. The number of hydrogen-bond acceptors (Lipinski definition) is 9. The molecule has 0 fully saturated rings. The molecule has 278 valence electrons. The normalized spacial score (nSPS) is 13.2. The largest absolute Gasteiger partial charge is 0.494 e. The summed E-state index contributed by atoms with van der Waals surface area (Å²) in [5.74, 6) is -0.220. The number of anilines is 2. The van der Waals surface area contributed by atoms with Gasteiger partial charge in [0, 0.05) is 25.3 Å². The summed E-state index contributed by atoms with van der Waals surface area (Å²) in [4.78, 5) is 43.8. The van der Waals surface area contributed by atoms with Crippen LogP contribution in [-0.2, 0) is 28.2 Å². The number of nitrogen functional groups attached to an aromatic ring is 2. The van der Waals surface area contributed by atoms with Gasteiger partial charge in [-0.3, -0.25) is 14.1 Å². The maximum atomic E-state index is 12.8. The van der Waals surface area contributed by atoms with Crippen LogP contribution >= 0.6 is 7.82 Å². The number of unbranched alkanes of at least 4 members (excludes halogenated alkanes) is 13. The number of carbonyl (C=O) groups excluding carboxylic acids is 2. The van der Waals surface area contributed by atoms with E-state index >= 15 is 0 Å². The minimum atomic E-state index is -4.70. The van der Waals surface area contributed by atoms with Crippen LogP contribution in [0.25, 0.3) is 0 Å². The molecule has 0 saturated heterocycles. The fourth-order valence-corrected chi connectivity index (χ4v) is 5.60. The number of phosphoric acid groups is 1. The van der Waals surface area contributed by atoms with E-state index in [1.54, 1.807) is 18.2 Å². The first kappa shape index (κ1) is 43.7. The van der Waals surface area contributed by atoms with Crippen LogP contribution in [0, 0.1) is 0 Å². The molecule has 1 aromatic carbocycles. The van der Waals surface area contributed by atoms with E-state index in [0.717, 1.165) is 19.3 Å². The first-order valence-corrected chi connectivity index (χ1v) is 19.4. The highest BCUT2D eigenvalue weighted by Crippen LogP contribution is 2.36. The number of phosphoric ester groups is 1. The van der Waals surface area contributed by atoms with Crippen LogP contribution in [0.2, 0.25) is 0 Å². The Morgan fingerprint density at radius 1 is 0.771 bits per heavy atom. The molecule has 0 aliphatic carbocycles. The summed E-state index contributed by atoms with van der Waals surface area (Å²) in [6.45, 7) is 2.21. The van der Waals surface area contributed by atoms with Crippen molar-refractivity contribution in [3.8, 4) is 5.75 Å². The lowest BCUT2D eigenvalue weighted by atomic mass is 10.0. The first-order valence-electron chi connectivity index (χ1n) is 17.8. The third-order valence-electron chi connectivity index (χ3n) is 8.38. The summed E-state index contributed by atoms with van der Waals surface area (Å²) in [7, 11) is 0.845. The quantitative estimate of drug-likeness (QED) is 0.0224. The lowest BCUT2D eigenvalue weighted by molar-refractivity contribution is -0.897. The highest BCUT2D eigenvalue weighted by Gasteiger charge is 2.32. The van der Waals surface area contributed by atoms with Crippen LogP contribution in [-0.4, -0.2) is 79.3 Å². The highest BCUT2D eigenvalue weighted by atomic mass is 31.2. The smallest absolute Gasteiger partial charge is 0.469 e. The van der Waals surface area contributed by atoms with Crippen molar-refractivity contribution >= 4 is 31.1 Å². The zero-order chi connectivity index (χ0) is 35.8. The van der Waals surface area contributed by atoms with Crippen molar-refractivity contribution in [2.75, 3.05) is 52.4 Å². The Morgan fingerprint density at radius 2 is 1.31 bits per heavy atom. The monoisotopic (exact) mass is 702 g/mol. The van der Waals surface area contributed by atoms with Crippen LogP contribution in [0.15, 0.2) is 18.2 Å². The maximum absolute atomic E-state index is 12.8. The Balaban J connectivity index is 2.49. The third kappa shape index (κ3) is 23.1. The number of likely N-dealkylation sites (N-methyl/N-ethyl adjacent to an activating group) is 1. The fraction of sp³-hybridized carbons (Fsp3) is 0.771. The van der Waals surface area contributed by atoms with Crippen molar-refractivity contribution in [3.63, 3.8) is 0 Å². The molecule has 0 saturated carbocycles. The molecule has 0 aliphatic heterocycles. The zero-order valence-corrected chi connectivity index (χ0v) is 30.9. The molecule has 12 nitrogen and oxygen atoms in total. The SMILES string of the molecule is CCCCCCCCCCCCCCCC(=O)OCC(CC(COP(=O)(O)O)[N+](C)(C)C)OC(=O)CCCCOc1ccc(N)c(N)c1. The molecular formula is C35H65N3O9P+. The maximum Gasteiger partial charge on any atom is 0.469 e. The van der Waals surface area contributed by atoms with Crippen molar-refractivity contribution in [3.05, 3.63) is 18.2 Å². The summed E-state index contributed by atoms with van der Waals surface area (Å²) >= 11 is 0. The number of quaternary nitrogens is 1. The molecule has 0 aromatic heterocycles. The predicted molar refractivity (Wildman–Crippen MR) is 190 cm³/mol. The topological polar surface area (TPSA) is 181 Å². The molecule has 13 heteroatoms. The van der Waals surface area contributed by atoms with E-state index in [1.807, 2.05) is 21.1 Å². The second kappa shape index (κ2) is 24.7. The van der Waals surface area contributed by atoms with Crippen molar-refractivity contribution < 1.29 is 47.2 Å². The average Bonchev–Trinajstić information content (AvgIpc) is 3.00. The van der Waals surface area contributed by atoms with Gasteiger partial charge in [0.05, 0.1) is 39.1 Å². The molecule has 0 aliphatic rings. The summed E-state index contributed by atoms with van der Waals surface area (Å²) in [5.41, 5.74) is 12.4. The van der Waals surface area contributed by atoms with Gasteiger partial charge in [-0.15, -0.1) is 0 Å². The molecule has 0 amide bonds. The van der Waals surface area contributed by atoms with Gasteiger partial charge < -0.3 is 39.9 Å². The van der Waals surface area contributed by atoms with Gasteiger partial charge in [-0.05, 0) is 31.4 Å². The number of benzene rings is 1. The Bertz CT molecular complexity index is 1080. The summed E-state index contributed by atoms with van der Waals surface area (Å²) < 4.78 is 33.4. The van der Waals surface area contributed by atoms with Crippen molar-refractivity contribution in [1.29, 1.82) is 0 Å². The Morgan fingerprint density at radius 3 is 1.85 bits per heavy atom. The average molecular weight is 703 g/mol. The Kier molecular flexibility index (Phi) is 22.5. The van der Waals surface area contributed by atoms with Crippen LogP contribution in [0.4, 0.5) is 11.4 Å². The van der Waals surface area contributed by atoms with E-state index in [9.17, 15) is 23.9 Å². The second-order valence-corrected chi connectivity index (χ2v) is 14.9. The van der Waals surface area contributed by atoms with Crippen molar-refractivity contribution in [2.24, 2.45) is 0 Å². The van der Waals surface area contributed by atoms with Gasteiger partial charge in [-0.2, -0.15) is 0 Å².